The Morgan fingerprint density at radius 2 is 1.22 bits per heavy atom. The van der Waals surface area contributed by atoms with Crippen molar-refractivity contribution in [2.24, 2.45) is 0 Å². The summed E-state index contributed by atoms with van der Waals surface area (Å²) in [4.78, 5) is 23.5. The van der Waals surface area contributed by atoms with Crippen LogP contribution in [0.15, 0.2) is 91.0 Å². The third-order valence-corrected chi connectivity index (χ3v) is 8.73. The Labute approximate surface area is 275 Å². The topological polar surface area (TPSA) is 91.3 Å². The van der Waals surface area contributed by atoms with Gasteiger partial charge in [0.2, 0.25) is 0 Å². The smallest absolute Gasteiger partial charge is 0.457 e. The summed E-state index contributed by atoms with van der Waals surface area (Å²) in [5.74, 6) is -0.394. The summed E-state index contributed by atoms with van der Waals surface area (Å²) in [6, 6.07) is 29.6. The minimum absolute atomic E-state index is 0.0373. The van der Waals surface area contributed by atoms with Crippen LogP contribution in [0.25, 0.3) is 0 Å². The number of hydrogen-bond donors (Lipinski definition) is 1. The van der Waals surface area contributed by atoms with E-state index in [1.807, 2.05) is 112 Å². The maximum absolute atomic E-state index is 13.0. The number of carbonyl (C=O) groups excluding carboxylic acids is 1. The van der Waals surface area contributed by atoms with Gasteiger partial charge in [-0.1, -0.05) is 136 Å². The minimum atomic E-state index is -4.41. The third-order valence-electron chi connectivity index (χ3n) is 7.75. The van der Waals surface area contributed by atoms with Crippen molar-refractivity contribution in [3.63, 3.8) is 0 Å². The molecule has 9 heteroatoms. The van der Waals surface area contributed by atoms with Crippen LogP contribution in [0.1, 0.15) is 75.0 Å². The van der Waals surface area contributed by atoms with Crippen LogP contribution in [0.3, 0.4) is 0 Å². The molecule has 2 atom stereocenters. The Kier molecular flexibility index (Phi) is 15.6. The van der Waals surface area contributed by atoms with Gasteiger partial charge in [-0.3, -0.25) is 13.8 Å². The Balaban J connectivity index is 1.82. The molecule has 0 amide bonds. The molecule has 0 spiro atoms. The Bertz CT molecular complexity index is 1220. The van der Waals surface area contributed by atoms with E-state index in [0.29, 0.717) is 17.4 Å². The van der Waals surface area contributed by atoms with Crippen molar-refractivity contribution in [1.82, 2.24) is 0 Å². The summed E-state index contributed by atoms with van der Waals surface area (Å²) < 4.78 is 36.7. The molecule has 0 aliphatic rings. The molecule has 252 valence electrons. The summed E-state index contributed by atoms with van der Waals surface area (Å²) in [7, 11) is 1.47. The summed E-state index contributed by atoms with van der Waals surface area (Å²) in [5.41, 5.74) is 1.60. The van der Waals surface area contributed by atoms with Gasteiger partial charge in [-0.05, 0) is 23.1 Å². The van der Waals surface area contributed by atoms with Crippen molar-refractivity contribution in [2.45, 2.75) is 70.0 Å². The Hall–Kier alpha value is -2.84. The van der Waals surface area contributed by atoms with E-state index in [4.69, 9.17) is 18.5 Å². The second kappa shape index (κ2) is 19.1. The van der Waals surface area contributed by atoms with E-state index in [1.54, 1.807) is 0 Å². The van der Waals surface area contributed by atoms with Crippen LogP contribution in [-0.4, -0.2) is 69.0 Å². The van der Waals surface area contributed by atoms with Crippen LogP contribution in [-0.2, 0) is 33.5 Å². The third kappa shape index (κ3) is 12.7. The first kappa shape index (κ1) is 37.6. The highest BCUT2D eigenvalue weighted by molar-refractivity contribution is 7.47. The van der Waals surface area contributed by atoms with Gasteiger partial charge in [0.1, 0.15) is 24.9 Å². The zero-order valence-electron chi connectivity index (χ0n) is 28.0. The molecule has 0 heterocycles. The van der Waals surface area contributed by atoms with Gasteiger partial charge < -0.3 is 18.9 Å². The molecular formula is C37H53NO7P+. The maximum atomic E-state index is 13.0. The van der Waals surface area contributed by atoms with Gasteiger partial charge >= 0.3 is 13.8 Å². The molecular weight excluding hydrogens is 601 g/mol. The molecule has 1 N–H and O–H groups in total. The number of hydrogen-bond acceptors (Lipinski definition) is 6. The number of nitrogens with zero attached hydrogens (tertiary/aromatic N) is 1. The average molecular weight is 655 g/mol. The fraction of sp³-hybridized carbons (Fsp3) is 0.486. The first-order valence-electron chi connectivity index (χ1n) is 16.5. The van der Waals surface area contributed by atoms with Crippen molar-refractivity contribution < 1.29 is 37.3 Å². The summed E-state index contributed by atoms with van der Waals surface area (Å²) in [6.07, 6.45) is 6.82. The molecule has 0 bridgehead atoms. The van der Waals surface area contributed by atoms with Gasteiger partial charge in [0.25, 0.3) is 0 Å². The second-order valence-corrected chi connectivity index (χ2v) is 14.1. The number of ether oxygens (including phenoxy) is 2. The number of carbonyl (C=O) groups is 1. The highest BCUT2D eigenvalue weighted by atomic mass is 31.2. The molecule has 0 fully saturated rings. The number of esters is 1. The number of unbranched alkanes of at least 4 members (excludes halogenated alkanes) is 6. The number of phosphoric acid groups is 1. The highest BCUT2D eigenvalue weighted by Crippen LogP contribution is 2.44. The number of benzene rings is 3. The van der Waals surface area contributed by atoms with Crippen LogP contribution in [0.5, 0.6) is 0 Å². The zero-order chi connectivity index (χ0) is 33.3. The molecule has 0 aliphatic heterocycles. The molecule has 0 aromatic heterocycles. The largest absolute Gasteiger partial charge is 0.472 e. The summed E-state index contributed by atoms with van der Waals surface area (Å²) >= 11 is 0. The van der Waals surface area contributed by atoms with Crippen LogP contribution in [0.2, 0.25) is 0 Å². The van der Waals surface area contributed by atoms with Crippen LogP contribution in [0, 0.1) is 0 Å². The highest BCUT2D eigenvalue weighted by Gasteiger charge is 2.39. The number of rotatable bonds is 22. The van der Waals surface area contributed by atoms with E-state index in [2.05, 4.69) is 6.92 Å². The van der Waals surface area contributed by atoms with Crippen LogP contribution < -0.4 is 0 Å². The van der Waals surface area contributed by atoms with Crippen molar-refractivity contribution >= 4 is 13.8 Å². The summed E-state index contributed by atoms with van der Waals surface area (Å²) in [5, 5.41) is 0. The fourth-order valence-corrected chi connectivity index (χ4v) is 5.96. The van der Waals surface area contributed by atoms with E-state index in [0.717, 1.165) is 36.0 Å². The number of quaternary nitrogens is 1. The first-order valence-corrected chi connectivity index (χ1v) is 18.0. The van der Waals surface area contributed by atoms with E-state index in [9.17, 15) is 14.3 Å². The van der Waals surface area contributed by atoms with Gasteiger partial charge in [-0.15, -0.1) is 0 Å². The molecule has 3 aromatic carbocycles. The molecule has 0 saturated carbocycles. The SMILES string of the molecule is CCCCCCCCCC(=O)O[C@H](COC(c1ccccc1)(c1ccccc1)c1ccccc1)COP(=O)(O)OCC[N+](C)(C)C. The average Bonchev–Trinajstić information content (AvgIpc) is 3.04. The van der Waals surface area contributed by atoms with Crippen LogP contribution in [0.4, 0.5) is 0 Å². The predicted molar refractivity (Wildman–Crippen MR) is 182 cm³/mol. The molecule has 0 radical (unpaired) electrons. The Morgan fingerprint density at radius 3 is 1.70 bits per heavy atom. The lowest BCUT2D eigenvalue weighted by molar-refractivity contribution is -0.870. The van der Waals surface area contributed by atoms with Crippen molar-refractivity contribution in [3.8, 4) is 0 Å². The van der Waals surface area contributed by atoms with E-state index in [-0.39, 0.29) is 26.2 Å². The molecule has 3 aromatic rings. The monoisotopic (exact) mass is 654 g/mol. The molecule has 0 aliphatic carbocycles. The van der Waals surface area contributed by atoms with Gasteiger partial charge in [-0.2, -0.15) is 0 Å². The van der Waals surface area contributed by atoms with Crippen LogP contribution >= 0.6 is 7.82 Å². The van der Waals surface area contributed by atoms with Gasteiger partial charge in [0, 0.05) is 6.42 Å². The normalized spacial score (nSPS) is 14.0. The summed E-state index contributed by atoms with van der Waals surface area (Å²) in [6.45, 7) is 2.28. The Morgan fingerprint density at radius 1 is 0.739 bits per heavy atom. The molecule has 0 saturated heterocycles. The lowest BCUT2D eigenvalue weighted by Crippen LogP contribution is -2.38. The number of likely N-dealkylation sites (N-methyl/N-ethyl adjacent to an activating group) is 1. The predicted octanol–water partition coefficient (Wildman–Crippen LogP) is 7.89. The second-order valence-electron chi connectivity index (χ2n) is 12.7. The standard InChI is InChI=1S/C37H52NO7P/c1-5-6-7-8-9-10-20-27-36(39)45-35(31-44-46(40,41)43-29-28-38(2,3)4)30-42-37(32-21-14-11-15-22-32,33-23-16-12-17-24-33)34-25-18-13-19-26-34/h11-19,21-26,35H,5-10,20,27-31H2,1-4H3/p+1/t35-/m1/s1. The molecule has 46 heavy (non-hydrogen) atoms. The first-order chi connectivity index (χ1) is 22.1. The lowest BCUT2D eigenvalue weighted by Gasteiger charge is -2.37. The van der Waals surface area contributed by atoms with Crippen molar-refractivity contribution in [3.05, 3.63) is 108 Å². The van der Waals surface area contributed by atoms with Gasteiger partial charge in [0.05, 0.1) is 34.4 Å². The van der Waals surface area contributed by atoms with Crippen molar-refractivity contribution in [1.29, 1.82) is 0 Å². The maximum Gasteiger partial charge on any atom is 0.472 e. The lowest BCUT2D eigenvalue weighted by atomic mass is 9.80. The fourth-order valence-electron chi connectivity index (χ4n) is 5.22. The minimum Gasteiger partial charge on any atom is -0.457 e. The van der Waals surface area contributed by atoms with Gasteiger partial charge in [0.15, 0.2) is 0 Å². The van der Waals surface area contributed by atoms with E-state index in [1.165, 1.54) is 19.3 Å². The van der Waals surface area contributed by atoms with E-state index >= 15 is 0 Å². The number of phosphoric ester groups is 1. The molecule has 1 unspecified atom stereocenters. The van der Waals surface area contributed by atoms with Crippen molar-refractivity contribution in [2.75, 3.05) is 47.5 Å². The molecule has 8 nitrogen and oxygen atoms in total. The van der Waals surface area contributed by atoms with E-state index < -0.39 is 25.5 Å². The zero-order valence-corrected chi connectivity index (χ0v) is 28.9. The quantitative estimate of drug-likeness (QED) is 0.0387. The van der Waals surface area contributed by atoms with Gasteiger partial charge in [-0.25, -0.2) is 4.57 Å². The molecule has 3 rings (SSSR count).